The Balaban J connectivity index is 1.26. The van der Waals surface area contributed by atoms with Crippen LogP contribution in [0.5, 0.6) is 0 Å². The number of fused-ring (bicyclic) bond motifs is 1. The van der Waals surface area contributed by atoms with Crippen LogP contribution in [0.3, 0.4) is 0 Å². The molecule has 1 saturated carbocycles. The van der Waals surface area contributed by atoms with E-state index >= 15 is 0 Å². The molecule has 3 heterocycles. The molecule has 2 atom stereocenters. The molecule has 0 spiro atoms. The van der Waals surface area contributed by atoms with Crippen LogP contribution in [0.2, 0.25) is 0 Å². The Labute approximate surface area is 241 Å². The first-order valence-electron chi connectivity index (χ1n) is 14.6. The smallest absolute Gasteiger partial charge is 0.228 e. The molecule has 6 nitrogen and oxygen atoms in total. The highest BCUT2D eigenvalue weighted by Gasteiger charge is 2.40. The number of nitrogens with one attached hydrogen (secondary N) is 1. The number of amides is 1. The van der Waals surface area contributed by atoms with Gasteiger partial charge in [0.25, 0.3) is 0 Å². The Hall–Kier alpha value is -2.97. The summed E-state index contributed by atoms with van der Waals surface area (Å²) < 4.78 is 7.62. The first kappa shape index (κ1) is 27.2. The van der Waals surface area contributed by atoms with E-state index in [4.69, 9.17) is 10.5 Å². The number of rotatable bonds is 11. The number of piperidine rings is 1. The lowest BCUT2D eigenvalue weighted by molar-refractivity contribution is -0.138. The summed E-state index contributed by atoms with van der Waals surface area (Å²) in [5.41, 5.74) is 12.0. The van der Waals surface area contributed by atoms with Crippen LogP contribution < -0.4 is 11.1 Å². The summed E-state index contributed by atoms with van der Waals surface area (Å²) >= 11 is 1.71. The molecule has 2 aromatic carbocycles. The summed E-state index contributed by atoms with van der Waals surface area (Å²) in [6, 6.07) is 19.9. The zero-order chi connectivity index (χ0) is 27.5. The third kappa shape index (κ3) is 5.75. The fraction of sp³-hybridized carbons (Fsp3) is 0.424. The third-order valence-electron chi connectivity index (χ3n) is 8.53. The highest BCUT2D eigenvalue weighted by Crippen LogP contribution is 2.38. The lowest BCUT2D eigenvalue weighted by atomic mass is 9.79. The van der Waals surface area contributed by atoms with Crippen molar-refractivity contribution in [3.63, 3.8) is 0 Å². The van der Waals surface area contributed by atoms with E-state index in [1.807, 2.05) is 0 Å². The van der Waals surface area contributed by atoms with Crippen LogP contribution in [0.1, 0.15) is 47.6 Å². The molecule has 2 aromatic heterocycles. The Morgan fingerprint density at radius 1 is 1.12 bits per heavy atom. The molecule has 7 heteroatoms. The normalized spacial score (nSPS) is 19.2. The van der Waals surface area contributed by atoms with Crippen molar-refractivity contribution in [1.82, 2.24) is 14.8 Å². The number of aromatic nitrogens is 1. The highest BCUT2D eigenvalue weighted by molar-refractivity contribution is 7.10. The number of para-hydroxylation sites is 1. The average Bonchev–Trinajstić information content (AvgIpc) is 3.62. The van der Waals surface area contributed by atoms with Gasteiger partial charge in [0.05, 0.1) is 5.92 Å². The Kier molecular flexibility index (Phi) is 8.35. The van der Waals surface area contributed by atoms with Crippen molar-refractivity contribution in [3.8, 4) is 11.1 Å². The van der Waals surface area contributed by atoms with Crippen LogP contribution in [0.15, 0.2) is 66.2 Å². The van der Waals surface area contributed by atoms with Crippen LogP contribution in [0.25, 0.3) is 22.0 Å². The van der Waals surface area contributed by atoms with Gasteiger partial charge in [0.1, 0.15) is 0 Å². The molecule has 1 aliphatic carbocycles. The van der Waals surface area contributed by atoms with Gasteiger partial charge in [-0.25, -0.2) is 0 Å². The number of aryl methyl sites for hydroxylation is 1. The number of thiophene rings is 1. The van der Waals surface area contributed by atoms with Crippen LogP contribution >= 0.6 is 11.3 Å². The number of methoxy groups -OCH3 is 1. The second kappa shape index (κ2) is 12.3. The van der Waals surface area contributed by atoms with Crippen molar-refractivity contribution in [1.29, 1.82) is 0 Å². The first-order valence-corrected chi connectivity index (χ1v) is 15.5. The molecule has 1 aliphatic heterocycles. The lowest BCUT2D eigenvalue weighted by Crippen LogP contribution is -2.47. The second-order valence-electron chi connectivity index (χ2n) is 11.2. The van der Waals surface area contributed by atoms with E-state index in [9.17, 15) is 4.79 Å². The minimum absolute atomic E-state index is 0.0678. The van der Waals surface area contributed by atoms with Crippen LogP contribution in [0, 0.1) is 5.92 Å². The molecule has 3 N–H and O–H groups in total. The van der Waals surface area contributed by atoms with E-state index in [0.29, 0.717) is 25.0 Å². The standard InChI is InChI=1S/C33H40N4O2S/c1-39-15-5-14-36-20-26(30-8-2-3-9-32(30)36)21-37(27-10-11-27)33(38)31-19-35-13-12-29(31)24-7-4-6-23(16-24)25-17-28(18-34)40-22-25/h2-4,6-9,16-17,20,22,27,29,31,35H,5,10-15,18-19,21,34H2,1H3/t29-,31+/m1/s1. The van der Waals surface area contributed by atoms with E-state index in [0.717, 1.165) is 51.9 Å². The maximum absolute atomic E-state index is 14.4. The van der Waals surface area contributed by atoms with Crippen LogP contribution in [-0.2, 0) is 29.2 Å². The summed E-state index contributed by atoms with van der Waals surface area (Å²) in [6.07, 6.45) is 6.39. The van der Waals surface area contributed by atoms with Gasteiger partial charge in [-0.3, -0.25) is 4.79 Å². The Morgan fingerprint density at radius 3 is 2.80 bits per heavy atom. The molecular formula is C33H40N4O2S. The number of hydrogen-bond donors (Lipinski definition) is 2. The fourth-order valence-electron chi connectivity index (χ4n) is 6.29. The monoisotopic (exact) mass is 556 g/mol. The van der Waals surface area contributed by atoms with Gasteiger partial charge in [-0.2, -0.15) is 0 Å². The van der Waals surface area contributed by atoms with Gasteiger partial charge >= 0.3 is 0 Å². The van der Waals surface area contributed by atoms with E-state index < -0.39 is 0 Å². The maximum Gasteiger partial charge on any atom is 0.228 e. The van der Waals surface area contributed by atoms with Crippen LogP contribution in [-0.4, -0.2) is 48.2 Å². The number of benzene rings is 2. The number of nitrogens with zero attached hydrogens (tertiary/aromatic N) is 2. The molecule has 0 unspecified atom stereocenters. The van der Waals surface area contributed by atoms with Gasteiger partial charge in [-0.05, 0) is 77.9 Å². The second-order valence-corrected chi connectivity index (χ2v) is 12.2. The predicted molar refractivity (Wildman–Crippen MR) is 163 cm³/mol. The summed E-state index contributed by atoms with van der Waals surface area (Å²) in [5.74, 6) is 0.432. The van der Waals surface area contributed by atoms with Gasteiger partial charge in [-0.15, -0.1) is 11.3 Å². The van der Waals surface area contributed by atoms with Crippen molar-refractivity contribution < 1.29 is 9.53 Å². The van der Waals surface area contributed by atoms with Crippen LogP contribution in [0.4, 0.5) is 0 Å². The summed E-state index contributed by atoms with van der Waals surface area (Å²) in [6.45, 7) is 4.55. The molecule has 4 aromatic rings. The van der Waals surface area contributed by atoms with E-state index in [2.05, 4.69) is 81.0 Å². The quantitative estimate of drug-likeness (QED) is 0.231. The van der Waals surface area contributed by atoms with Crippen molar-refractivity contribution in [2.75, 3.05) is 26.8 Å². The minimum atomic E-state index is -0.0678. The van der Waals surface area contributed by atoms with Crippen molar-refractivity contribution >= 4 is 28.1 Å². The topological polar surface area (TPSA) is 72.5 Å². The van der Waals surface area contributed by atoms with Crippen molar-refractivity contribution in [2.24, 2.45) is 11.7 Å². The van der Waals surface area contributed by atoms with Gasteiger partial charge in [0, 0.05) is 67.9 Å². The Morgan fingerprint density at radius 2 is 2.00 bits per heavy atom. The lowest BCUT2D eigenvalue weighted by Gasteiger charge is -2.36. The zero-order valence-corrected chi connectivity index (χ0v) is 24.2. The molecule has 40 heavy (non-hydrogen) atoms. The molecular weight excluding hydrogens is 516 g/mol. The summed E-state index contributed by atoms with van der Waals surface area (Å²) in [5, 5.41) is 6.97. The predicted octanol–water partition coefficient (Wildman–Crippen LogP) is 5.75. The van der Waals surface area contributed by atoms with Gasteiger partial charge in [0.15, 0.2) is 0 Å². The fourth-order valence-corrected chi connectivity index (χ4v) is 7.06. The number of hydrogen-bond acceptors (Lipinski definition) is 5. The molecule has 6 rings (SSSR count). The van der Waals surface area contributed by atoms with Gasteiger partial charge < -0.3 is 25.3 Å². The number of ether oxygens (including phenoxy) is 1. The largest absolute Gasteiger partial charge is 0.385 e. The van der Waals surface area contributed by atoms with E-state index in [1.165, 1.54) is 38.0 Å². The SMILES string of the molecule is COCCCn1cc(CN(C(=O)[C@H]2CNCC[C@@H]2c2cccc(-c3csc(CN)c3)c2)C2CC2)c2ccccc21. The third-order valence-corrected chi connectivity index (χ3v) is 9.49. The van der Waals surface area contributed by atoms with Crippen molar-refractivity contribution in [2.45, 2.75) is 57.3 Å². The summed E-state index contributed by atoms with van der Waals surface area (Å²) in [7, 11) is 1.75. The number of carbonyl (C=O) groups excluding carboxylic acids is 1. The number of nitrogens with two attached hydrogens (primary N) is 1. The molecule has 2 fully saturated rings. The maximum atomic E-state index is 14.4. The molecule has 1 saturated heterocycles. The van der Waals surface area contributed by atoms with Crippen molar-refractivity contribution in [3.05, 3.63) is 82.2 Å². The average molecular weight is 557 g/mol. The Bertz CT molecular complexity index is 1460. The molecule has 210 valence electrons. The molecule has 0 radical (unpaired) electrons. The zero-order valence-electron chi connectivity index (χ0n) is 23.4. The highest BCUT2D eigenvalue weighted by atomic mass is 32.1. The van der Waals surface area contributed by atoms with E-state index in [1.54, 1.807) is 18.4 Å². The molecule has 2 aliphatic rings. The van der Waals surface area contributed by atoms with Gasteiger partial charge in [-0.1, -0.05) is 42.5 Å². The number of carbonyl (C=O) groups is 1. The first-order chi connectivity index (χ1) is 19.7. The molecule has 1 amide bonds. The van der Waals surface area contributed by atoms with E-state index in [-0.39, 0.29) is 11.8 Å². The summed E-state index contributed by atoms with van der Waals surface area (Å²) in [4.78, 5) is 17.8. The minimum Gasteiger partial charge on any atom is -0.385 e. The molecule has 0 bridgehead atoms. The van der Waals surface area contributed by atoms with Gasteiger partial charge in [0.2, 0.25) is 5.91 Å².